The van der Waals surface area contributed by atoms with E-state index >= 15 is 0 Å². The topological polar surface area (TPSA) is 90.6 Å². The normalized spacial score (nSPS) is 18.5. The van der Waals surface area contributed by atoms with Gasteiger partial charge in [0.2, 0.25) is 0 Å². The molecule has 6 heteroatoms. The Morgan fingerprint density at radius 3 is 2.71 bits per heavy atom. The summed E-state index contributed by atoms with van der Waals surface area (Å²) < 4.78 is 5.69. The fraction of sp³-hybridized carbons (Fsp3) is 0.500. The van der Waals surface area contributed by atoms with Crippen LogP contribution in [0.2, 0.25) is 0 Å². The van der Waals surface area contributed by atoms with E-state index in [-0.39, 0.29) is 18.4 Å². The highest BCUT2D eigenvalue weighted by atomic mass is 16.5. The molecule has 2 unspecified atom stereocenters. The van der Waals surface area contributed by atoms with E-state index < -0.39 is 12.1 Å². The van der Waals surface area contributed by atoms with Crippen LogP contribution in [0.15, 0.2) is 24.3 Å². The quantitative estimate of drug-likeness (QED) is 0.865. The Kier molecular flexibility index (Phi) is 6.19. The number of hydrogen-bond donors (Lipinski definition) is 1. The lowest BCUT2D eigenvalue weighted by atomic mass is 9.97. The maximum atomic E-state index is 12.7. The molecule has 0 saturated carbocycles. The molecule has 0 bridgehead atoms. The van der Waals surface area contributed by atoms with Crippen LogP contribution in [0, 0.1) is 11.3 Å². The van der Waals surface area contributed by atoms with Crippen molar-refractivity contribution in [3.8, 4) is 11.8 Å². The summed E-state index contributed by atoms with van der Waals surface area (Å²) in [6.45, 7) is 2.34. The van der Waals surface area contributed by atoms with Crippen LogP contribution < -0.4 is 4.74 Å². The summed E-state index contributed by atoms with van der Waals surface area (Å²) in [5.41, 5.74) is 0.533. The number of ether oxygens (including phenoxy) is 1. The zero-order valence-electron chi connectivity index (χ0n) is 13.8. The molecule has 24 heavy (non-hydrogen) atoms. The van der Waals surface area contributed by atoms with E-state index in [4.69, 9.17) is 15.1 Å². The number of aliphatic carboxylic acids is 1. The van der Waals surface area contributed by atoms with Gasteiger partial charge in [-0.1, -0.05) is 0 Å². The summed E-state index contributed by atoms with van der Waals surface area (Å²) in [6, 6.07) is 8.62. The Bertz CT molecular complexity index is 621. The second-order valence-electron chi connectivity index (χ2n) is 6.01. The van der Waals surface area contributed by atoms with Gasteiger partial charge >= 0.3 is 5.97 Å². The van der Waals surface area contributed by atoms with E-state index in [1.54, 1.807) is 36.1 Å². The van der Waals surface area contributed by atoms with Crippen LogP contribution in [0.4, 0.5) is 0 Å². The van der Waals surface area contributed by atoms with Gasteiger partial charge in [0.15, 0.2) is 6.10 Å². The van der Waals surface area contributed by atoms with E-state index in [0.717, 1.165) is 19.3 Å². The van der Waals surface area contributed by atoms with Crippen molar-refractivity contribution in [3.63, 3.8) is 0 Å². The fourth-order valence-corrected chi connectivity index (χ4v) is 2.98. The SMILES string of the molecule is CC(Oc1ccc(C#N)cc1)C(=O)N1CCCCC1CCC(=O)O. The third-order valence-electron chi connectivity index (χ3n) is 4.25. The maximum absolute atomic E-state index is 12.7. The van der Waals surface area contributed by atoms with Crippen molar-refractivity contribution in [2.45, 2.75) is 51.2 Å². The molecular formula is C18H22N2O4. The van der Waals surface area contributed by atoms with Crippen LogP contribution >= 0.6 is 0 Å². The Balaban J connectivity index is 1.98. The number of hydrogen-bond acceptors (Lipinski definition) is 4. The molecule has 1 aromatic rings. The largest absolute Gasteiger partial charge is 0.481 e. The van der Waals surface area contributed by atoms with Gasteiger partial charge in [0.05, 0.1) is 11.6 Å². The zero-order chi connectivity index (χ0) is 17.5. The summed E-state index contributed by atoms with van der Waals surface area (Å²) in [4.78, 5) is 25.2. The van der Waals surface area contributed by atoms with Gasteiger partial charge in [-0.2, -0.15) is 5.26 Å². The average Bonchev–Trinajstić information content (AvgIpc) is 2.60. The number of piperidine rings is 1. The smallest absolute Gasteiger partial charge is 0.303 e. The Labute approximate surface area is 141 Å². The Morgan fingerprint density at radius 2 is 2.08 bits per heavy atom. The van der Waals surface area contributed by atoms with Gasteiger partial charge in [0, 0.05) is 19.0 Å². The number of amides is 1. The average molecular weight is 330 g/mol. The summed E-state index contributed by atoms with van der Waals surface area (Å²) in [7, 11) is 0. The molecule has 1 aliphatic heterocycles. The van der Waals surface area contributed by atoms with Crippen LogP contribution in [0.25, 0.3) is 0 Å². The lowest BCUT2D eigenvalue weighted by Gasteiger charge is -2.37. The first-order valence-corrected chi connectivity index (χ1v) is 8.20. The maximum Gasteiger partial charge on any atom is 0.303 e. The zero-order valence-corrected chi connectivity index (χ0v) is 13.8. The molecule has 1 aromatic carbocycles. The number of likely N-dealkylation sites (tertiary alicyclic amines) is 1. The molecule has 6 nitrogen and oxygen atoms in total. The van der Waals surface area contributed by atoms with Gasteiger partial charge in [-0.3, -0.25) is 9.59 Å². The van der Waals surface area contributed by atoms with Crippen LogP contribution in [0.5, 0.6) is 5.75 Å². The monoisotopic (exact) mass is 330 g/mol. The lowest BCUT2D eigenvalue weighted by Crippen LogP contribution is -2.49. The van der Waals surface area contributed by atoms with Crippen LogP contribution in [-0.4, -0.2) is 40.6 Å². The van der Waals surface area contributed by atoms with Crippen LogP contribution in [-0.2, 0) is 9.59 Å². The van der Waals surface area contributed by atoms with E-state index in [1.165, 1.54) is 0 Å². The molecule has 2 rings (SSSR count). The van der Waals surface area contributed by atoms with Crippen molar-refractivity contribution in [3.05, 3.63) is 29.8 Å². The number of carboxylic acids is 1. The molecule has 128 valence electrons. The highest BCUT2D eigenvalue weighted by Crippen LogP contribution is 2.23. The van der Waals surface area contributed by atoms with E-state index in [1.807, 2.05) is 6.07 Å². The molecule has 1 N–H and O–H groups in total. The molecule has 0 aromatic heterocycles. The van der Waals surface area contributed by atoms with Crippen molar-refractivity contribution >= 4 is 11.9 Å². The highest BCUT2D eigenvalue weighted by Gasteiger charge is 2.30. The first kappa shape index (κ1) is 17.8. The minimum absolute atomic E-state index is 0.0330. The molecule has 0 aliphatic carbocycles. The van der Waals surface area contributed by atoms with Gasteiger partial charge < -0.3 is 14.7 Å². The number of carbonyl (C=O) groups is 2. The summed E-state index contributed by atoms with van der Waals surface area (Å²) in [6.07, 6.45) is 2.67. The molecule has 0 radical (unpaired) electrons. The first-order chi connectivity index (χ1) is 11.5. The molecule has 1 aliphatic rings. The molecule has 1 saturated heterocycles. The lowest BCUT2D eigenvalue weighted by molar-refractivity contribution is -0.144. The number of carbonyl (C=O) groups excluding carboxylic acids is 1. The van der Waals surface area contributed by atoms with Gasteiger partial charge in [-0.25, -0.2) is 0 Å². The van der Waals surface area contributed by atoms with E-state index in [0.29, 0.717) is 24.3 Å². The minimum atomic E-state index is -0.838. The first-order valence-electron chi connectivity index (χ1n) is 8.20. The number of carboxylic acid groups (broad SMARTS) is 1. The Morgan fingerprint density at radius 1 is 1.38 bits per heavy atom. The summed E-state index contributed by atoms with van der Waals surface area (Å²) >= 11 is 0. The van der Waals surface area contributed by atoms with Gasteiger partial charge in [0.25, 0.3) is 5.91 Å². The third-order valence-corrected chi connectivity index (χ3v) is 4.25. The Hall–Kier alpha value is -2.55. The second-order valence-corrected chi connectivity index (χ2v) is 6.01. The second kappa shape index (κ2) is 8.34. The molecular weight excluding hydrogens is 308 g/mol. The van der Waals surface area contributed by atoms with Crippen LogP contribution in [0.3, 0.4) is 0 Å². The van der Waals surface area contributed by atoms with E-state index in [2.05, 4.69) is 0 Å². The molecule has 1 fully saturated rings. The van der Waals surface area contributed by atoms with Crippen molar-refractivity contribution in [2.75, 3.05) is 6.54 Å². The molecule has 2 atom stereocenters. The van der Waals surface area contributed by atoms with Crippen molar-refractivity contribution in [1.29, 1.82) is 5.26 Å². The minimum Gasteiger partial charge on any atom is -0.481 e. The summed E-state index contributed by atoms with van der Waals surface area (Å²) in [5, 5.41) is 17.7. The van der Waals surface area contributed by atoms with Crippen molar-refractivity contribution in [2.24, 2.45) is 0 Å². The fourth-order valence-electron chi connectivity index (χ4n) is 2.98. The van der Waals surface area contributed by atoms with E-state index in [9.17, 15) is 9.59 Å². The number of rotatable bonds is 6. The van der Waals surface area contributed by atoms with Gasteiger partial charge in [-0.15, -0.1) is 0 Å². The third kappa shape index (κ3) is 4.72. The summed E-state index contributed by atoms with van der Waals surface area (Å²) in [5.74, 6) is -0.418. The van der Waals surface area contributed by atoms with Gasteiger partial charge in [-0.05, 0) is 56.9 Å². The number of benzene rings is 1. The van der Waals surface area contributed by atoms with Crippen molar-refractivity contribution in [1.82, 2.24) is 4.90 Å². The predicted octanol–water partition coefficient (Wildman–Crippen LogP) is 2.57. The number of nitrogens with zero attached hydrogens (tertiary/aromatic N) is 2. The molecule has 1 heterocycles. The van der Waals surface area contributed by atoms with Crippen LogP contribution in [0.1, 0.15) is 44.6 Å². The molecule has 0 spiro atoms. The predicted molar refractivity (Wildman–Crippen MR) is 87.5 cm³/mol. The standard InChI is InChI=1S/C18H22N2O4/c1-13(24-16-8-5-14(12-19)6-9-16)18(23)20-11-3-2-4-15(20)7-10-17(21)22/h5-6,8-9,13,15H,2-4,7,10-11H2,1H3,(H,21,22). The number of nitriles is 1. The van der Waals surface area contributed by atoms with Crippen molar-refractivity contribution < 1.29 is 19.4 Å². The molecule has 1 amide bonds. The highest BCUT2D eigenvalue weighted by molar-refractivity contribution is 5.81. The van der Waals surface area contributed by atoms with Gasteiger partial charge in [0.1, 0.15) is 5.75 Å².